The maximum Gasteiger partial charge on any atom is 0.353 e. The van der Waals surface area contributed by atoms with Crippen molar-refractivity contribution in [2.45, 2.75) is 33.3 Å². The van der Waals surface area contributed by atoms with Crippen LogP contribution >= 0.6 is 0 Å². The molecule has 0 aromatic rings. The maximum atomic E-state index is 11.4. The fourth-order valence-electron chi connectivity index (χ4n) is 0.789. The highest BCUT2D eigenvalue weighted by molar-refractivity contribution is 6.23. The van der Waals surface area contributed by atoms with Crippen molar-refractivity contribution in [3.05, 3.63) is 11.2 Å². The normalized spacial score (nSPS) is 13.3. The molecule has 0 heterocycles. The van der Waals surface area contributed by atoms with Crippen LogP contribution in [0.3, 0.4) is 0 Å². The van der Waals surface area contributed by atoms with Gasteiger partial charge in [0.25, 0.3) is 0 Å². The van der Waals surface area contributed by atoms with Crippen LogP contribution in [0.1, 0.15) is 27.7 Å². The predicted octanol–water partition coefficient (Wildman–Crippen LogP) is 0.947. The lowest BCUT2D eigenvalue weighted by Gasteiger charge is -2.21. The third kappa shape index (κ3) is 4.60. The molecule has 0 amide bonds. The molecule has 0 aromatic heterocycles. The number of hydrogen-bond acceptors (Lipinski definition) is 3. The molecule has 0 saturated heterocycles. The van der Waals surface area contributed by atoms with Gasteiger partial charge in [0.15, 0.2) is 0 Å². The molecule has 3 nitrogen and oxygen atoms in total. The Morgan fingerprint density at radius 3 is 2.08 bits per heavy atom. The summed E-state index contributed by atoms with van der Waals surface area (Å²) in [5, 5.41) is 2.70. The smallest absolute Gasteiger partial charge is 0.353 e. The Bertz CT molecular complexity index is 224. The number of likely N-dealkylation sites (N-methyl/N-ethyl adjacent to an activating group) is 1. The fourth-order valence-corrected chi connectivity index (χ4v) is 0.789. The van der Waals surface area contributed by atoms with Gasteiger partial charge in [-0.15, -0.1) is 0 Å². The second-order valence-electron chi connectivity index (χ2n) is 3.81. The standard InChI is InChI=1S/C9H16BNO2/c1-6(10)7(11-5)8(12)13-9(2,3)4/h11H,1-5H3/b7-6-. The van der Waals surface area contributed by atoms with E-state index in [1.807, 2.05) is 20.8 Å². The van der Waals surface area contributed by atoms with Gasteiger partial charge in [0, 0.05) is 7.05 Å². The van der Waals surface area contributed by atoms with Gasteiger partial charge in [-0.1, -0.05) is 12.4 Å². The minimum absolute atomic E-state index is 0.315. The van der Waals surface area contributed by atoms with Crippen LogP contribution < -0.4 is 5.32 Å². The van der Waals surface area contributed by atoms with E-state index in [0.29, 0.717) is 11.2 Å². The van der Waals surface area contributed by atoms with Gasteiger partial charge in [0.05, 0.1) is 0 Å². The summed E-state index contributed by atoms with van der Waals surface area (Å²) in [7, 11) is 7.12. The maximum absolute atomic E-state index is 11.4. The number of allylic oxidation sites excluding steroid dienone is 1. The largest absolute Gasteiger partial charge is 0.455 e. The number of nitrogens with one attached hydrogen (secondary N) is 1. The van der Waals surface area contributed by atoms with E-state index < -0.39 is 11.6 Å². The summed E-state index contributed by atoms with van der Waals surface area (Å²) in [6, 6.07) is 0. The molecule has 0 aliphatic carbocycles. The molecule has 1 N–H and O–H groups in total. The zero-order chi connectivity index (χ0) is 10.6. The summed E-state index contributed by atoms with van der Waals surface area (Å²) in [5.74, 6) is -0.421. The molecule has 0 aliphatic rings. The minimum Gasteiger partial charge on any atom is -0.455 e. The van der Waals surface area contributed by atoms with Crippen molar-refractivity contribution in [3.63, 3.8) is 0 Å². The topological polar surface area (TPSA) is 38.3 Å². The van der Waals surface area contributed by atoms with Crippen LogP contribution in [0.15, 0.2) is 11.2 Å². The average molecular weight is 181 g/mol. The first kappa shape index (κ1) is 12.1. The molecule has 13 heavy (non-hydrogen) atoms. The average Bonchev–Trinajstić information content (AvgIpc) is 1.82. The van der Waals surface area contributed by atoms with E-state index in [4.69, 9.17) is 12.6 Å². The van der Waals surface area contributed by atoms with E-state index in [9.17, 15) is 4.79 Å². The quantitative estimate of drug-likeness (QED) is 0.391. The van der Waals surface area contributed by atoms with Crippen molar-refractivity contribution in [3.8, 4) is 0 Å². The van der Waals surface area contributed by atoms with Gasteiger partial charge in [-0.2, -0.15) is 0 Å². The lowest BCUT2D eigenvalue weighted by Crippen LogP contribution is -2.29. The number of carbonyl (C=O) groups excluding carboxylic acids is 1. The third-order valence-electron chi connectivity index (χ3n) is 1.25. The second-order valence-corrected chi connectivity index (χ2v) is 3.81. The molecule has 0 saturated carbocycles. The van der Waals surface area contributed by atoms with E-state index in [1.54, 1.807) is 14.0 Å². The second kappa shape index (κ2) is 4.35. The fraction of sp³-hybridized carbons (Fsp3) is 0.667. The van der Waals surface area contributed by atoms with Crippen LogP contribution in [0.4, 0.5) is 0 Å². The van der Waals surface area contributed by atoms with Crippen molar-refractivity contribution in [1.29, 1.82) is 0 Å². The molecule has 72 valence electrons. The van der Waals surface area contributed by atoms with Crippen molar-refractivity contribution < 1.29 is 9.53 Å². The highest BCUT2D eigenvalue weighted by atomic mass is 16.6. The van der Waals surface area contributed by atoms with Crippen molar-refractivity contribution in [2.24, 2.45) is 0 Å². The number of hydrogen-bond donors (Lipinski definition) is 1. The Morgan fingerprint density at radius 2 is 1.85 bits per heavy atom. The van der Waals surface area contributed by atoms with Crippen LogP contribution in [0.2, 0.25) is 0 Å². The number of rotatable bonds is 2. The number of ether oxygens (including phenoxy) is 1. The van der Waals surface area contributed by atoms with Gasteiger partial charge in [0.1, 0.15) is 19.1 Å². The van der Waals surface area contributed by atoms with Gasteiger partial charge in [-0.05, 0) is 20.8 Å². The first-order valence-electron chi connectivity index (χ1n) is 4.15. The van der Waals surface area contributed by atoms with Gasteiger partial charge < -0.3 is 10.1 Å². The summed E-state index contributed by atoms with van der Waals surface area (Å²) in [5.41, 5.74) is 0.251. The Balaban J connectivity index is 4.52. The molecule has 0 unspecified atom stereocenters. The van der Waals surface area contributed by atoms with E-state index in [1.165, 1.54) is 0 Å². The first-order valence-corrected chi connectivity index (χ1v) is 4.15. The van der Waals surface area contributed by atoms with E-state index in [2.05, 4.69) is 5.32 Å². The molecule has 0 spiro atoms. The lowest BCUT2D eigenvalue weighted by atomic mass is 9.95. The summed E-state index contributed by atoms with van der Waals surface area (Å²) < 4.78 is 5.11. The molecule has 0 aliphatic heterocycles. The third-order valence-corrected chi connectivity index (χ3v) is 1.25. The summed E-state index contributed by atoms with van der Waals surface area (Å²) in [4.78, 5) is 11.4. The lowest BCUT2D eigenvalue weighted by molar-refractivity contribution is -0.150. The Morgan fingerprint density at radius 1 is 1.38 bits per heavy atom. The number of esters is 1. The summed E-state index contributed by atoms with van der Waals surface area (Å²) in [6.07, 6.45) is 0. The number of carbonyl (C=O) groups is 1. The Labute approximate surface area is 80.9 Å². The van der Waals surface area contributed by atoms with E-state index in [0.717, 1.165) is 0 Å². The molecule has 0 bridgehead atoms. The van der Waals surface area contributed by atoms with Gasteiger partial charge in [-0.3, -0.25) is 0 Å². The molecule has 0 fully saturated rings. The Hall–Kier alpha value is -0.925. The molecule has 0 rings (SSSR count). The summed E-state index contributed by atoms with van der Waals surface area (Å²) in [6.45, 7) is 7.08. The Kier molecular flexibility index (Phi) is 4.04. The predicted molar refractivity (Wildman–Crippen MR) is 53.4 cm³/mol. The van der Waals surface area contributed by atoms with Crippen LogP contribution in [0.5, 0.6) is 0 Å². The van der Waals surface area contributed by atoms with Crippen molar-refractivity contribution in [1.82, 2.24) is 5.32 Å². The van der Waals surface area contributed by atoms with Gasteiger partial charge >= 0.3 is 5.97 Å². The van der Waals surface area contributed by atoms with Crippen LogP contribution in [-0.4, -0.2) is 26.5 Å². The molecule has 2 radical (unpaired) electrons. The van der Waals surface area contributed by atoms with Gasteiger partial charge in [-0.25, -0.2) is 4.79 Å². The molecule has 4 heteroatoms. The van der Waals surface area contributed by atoms with Crippen molar-refractivity contribution in [2.75, 3.05) is 7.05 Å². The van der Waals surface area contributed by atoms with E-state index >= 15 is 0 Å². The van der Waals surface area contributed by atoms with Crippen LogP contribution in [0.25, 0.3) is 0 Å². The molecule has 0 atom stereocenters. The SMILES string of the molecule is [B]/C(C)=C(\NC)C(=O)OC(C)(C)C. The van der Waals surface area contributed by atoms with Crippen molar-refractivity contribution >= 4 is 13.8 Å². The minimum atomic E-state index is -0.491. The molecule has 0 aromatic carbocycles. The van der Waals surface area contributed by atoms with Gasteiger partial charge in [0.2, 0.25) is 0 Å². The molecular weight excluding hydrogens is 165 g/mol. The monoisotopic (exact) mass is 181 g/mol. The molecular formula is C9H16BNO2. The van der Waals surface area contributed by atoms with Crippen LogP contribution in [-0.2, 0) is 9.53 Å². The highest BCUT2D eigenvalue weighted by Gasteiger charge is 2.19. The highest BCUT2D eigenvalue weighted by Crippen LogP contribution is 2.10. The van der Waals surface area contributed by atoms with E-state index in [-0.39, 0.29) is 0 Å². The zero-order valence-electron chi connectivity index (χ0n) is 8.89. The first-order chi connectivity index (χ1) is 5.78. The van der Waals surface area contributed by atoms with Crippen LogP contribution in [0, 0.1) is 0 Å². The zero-order valence-corrected chi connectivity index (χ0v) is 8.89. The summed E-state index contributed by atoms with van der Waals surface area (Å²) >= 11 is 0.